The summed E-state index contributed by atoms with van der Waals surface area (Å²) in [5.74, 6) is 1.88. The maximum absolute atomic E-state index is 6.21. The molecule has 2 nitrogen and oxygen atoms in total. The van der Waals surface area contributed by atoms with Gasteiger partial charge in [-0.2, -0.15) is 0 Å². The molecule has 1 heterocycles. The van der Waals surface area contributed by atoms with Gasteiger partial charge in [0.2, 0.25) is 0 Å². The van der Waals surface area contributed by atoms with E-state index < -0.39 is 0 Å². The van der Waals surface area contributed by atoms with Crippen LogP contribution in [0.5, 0.6) is 11.5 Å². The van der Waals surface area contributed by atoms with Gasteiger partial charge < -0.3 is 4.74 Å². The van der Waals surface area contributed by atoms with Gasteiger partial charge in [0, 0.05) is 35.8 Å². The Kier molecular flexibility index (Phi) is 4.48. The number of hydrogen-bond acceptors (Lipinski definition) is 2. The van der Waals surface area contributed by atoms with Crippen molar-refractivity contribution in [3.8, 4) is 11.5 Å². The number of aryl methyl sites for hydroxylation is 1. The summed E-state index contributed by atoms with van der Waals surface area (Å²) in [6.45, 7) is 4.70. The standard InChI is InChI=1S/C22H20ClNO/c1-16-6-11-22-19(12-16)15-24(13-17-7-9-20(23)10-8-17)14-18-4-2-3-5-21(18)25-22/h2-12H,13-15H2,1H3. The molecule has 0 fully saturated rings. The lowest BCUT2D eigenvalue weighted by Gasteiger charge is -2.28. The van der Waals surface area contributed by atoms with Crippen molar-refractivity contribution in [3.63, 3.8) is 0 Å². The average molecular weight is 350 g/mol. The number of nitrogens with zero attached hydrogens (tertiary/aromatic N) is 1. The topological polar surface area (TPSA) is 12.5 Å². The Morgan fingerprint density at radius 1 is 0.880 bits per heavy atom. The van der Waals surface area contributed by atoms with E-state index in [-0.39, 0.29) is 0 Å². The predicted octanol–water partition coefficient (Wildman–Crippen LogP) is 5.96. The lowest BCUT2D eigenvalue weighted by Crippen LogP contribution is -2.24. The van der Waals surface area contributed by atoms with Crippen LogP contribution >= 0.6 is 11.6 Å². The largest absolute Gasteiger partial charge is 0.457 e. The molecule has 0 unspecified atom stereocenters. The molecule has 4 rings (SSSR count). The van der Waals surface area contributed by atoms with E-state index in [9.17, 15) is 0 Å². The second-order valence-electron chi connectivity index (χ2n) is 6.59. The highest BCUT2D eigenvalue weighted by atomic mass is 35.5. The zero-order valence-electron chi connectivity index (χ0n) is 14.2. The van der Waals surface area contributed by atoms with Crippen molar-refractivity contribution in [2.24, 2.45) is 0 Å². The van der Waals surface area contributed by atoms with Gasteiger partial charge in [0.25, 0.3) is 0 Å². The van der Waals surface area contributed by atoms with Crippen LogP contribution in [0.4, 0.5) is 0 Å². The molecule has 0 saturated heterocycles. The third-order valence-electron chi connectivity index (χ3n) is 4.52. The number of ether oxygens (including phenoxy) is 1. The summed E-state index contributed by atoms with van der Waals surface area (Å²) in [6.07, 6.45) is 0. The van der Waals surface area contributed by atoms with Crippen molar-refractivity contribution < 1.29 is 4.74 Å². The highest BCUT2D eigenvalue weighted by Crippen LogP contribution is 2.33. The summed E-state index contributed by atoms with van der Waals surface area (Å²) < 4.78 is 6.21. The van der Waals surface area contributed by atoms with Crippen molar-refractivity contribution in [3.05, 3.63) is 94.0 Å². The van der Waals surface area contributed by atoms with Crippen LogP contribution in [0.2, 0.25) is 5.02 Å². The molecule has 1 aliphatic rings. The van der Waals surface area contributed by atoms with Crippen molar-refractivity contribution in [1.29, 1.82) is 0 Å². The maximum atomic E-state index is 6.21. The van der Waals surface area contributed by atoms with E-state index in [4.69, 9.17) is 16.3 Å². The molecule has 0 spiro atoms. The zero-order valence-corrected chi connectivity index (χ0v) is 15.0. The first-order valence-corrected chi connectivity index (χ1v) is 8.87. The molecule has 25 heavy (non-hydrogen) atoms. The molecule has 3 aromatic carbocycles. The summed E-state index contributed by atoms with van der Waals surface area (Å²) in [6, 6.07) is 22.8. The second kappa shape index (κ2) is 6.91. The molecule has 1 aliphatic heterocycles. The molecule has 0 amide bonds. The van der Waals surface area contributed by atoms with Crippen molar-refractivity contribution >= 4 is 11.6 Å². The minimum Gasteiger partial charge on any atom is -0.457 e. The molecule has 0 aliphatic carbocycles. The van der Waals surface area contributed by atoms with Gasteiger partial charge in [-0.05, 0) is 36.8 Å². The quantitative estimate of drug-likeness (QED) is 0.566. The fourth-order valence-electron chi connectivity index (χ4n) is 3.28. The van der Waals surface area contributed by atoms with E-state index in [2.05, 4.69) is 54.3 Å². The van der Waals surface area contributed by atoms with Crippen LogP contribution in [0.25, 0.3) is 0 Å². The summed E-state index contributed by atoms with van der Waals surface area (Å²) in [5, 5.41) is 0.774. The Bertz CT molecular complexity index is 889. The van der Waals surface area contributed by atoms with Crippen LogP contribution in [0.3, 0.4) is 0 Å². The Morgan fingerprint density at radius 2 is 1.60 bits per heavy atom. The minimum absolute atomic E-state index is 0.774. The average Bonchev–Trinajstić information content (AvgIpc) is 2.59. The number of fused-ring (bicyclic) bond motifs is 2. The van der Waals surface area contributed by atoms with Gasteiger partial charge in [-0.1, -0.05) is 59.6 Å². The van der Waals surface area contributed by atoms with Crippen LogP contribution in [0.15, 0.2) is 66.7 Å². The third-order valence-corrected chi connectivity index (χ3v) is 4.77. The van der Waals surface area contributed by atoms with Gasteiger partial charge in [0.1, 0.15) is 11.5 Å². The molecule has 0 saturated carbocycles. The molecular weight excluding hydrogens is 330 g/mol. The van der Waals surface area contributed by atoms with E-state index in [1.807, 2.05) is 24.3 Å². The minimum atomic E-state index is 0.774. The molecule has 126 valence electrons. The molecule has 0 bridgehead atoms. The normalized spacial score (nSPS) is 14.0. The molecule has 0 atom stereocenters. The van der Waals surface area contributed by atoms with E-state index >= 15 is 0 Å². The summed E-state index contributed by atoms with van der Waals surface area (Å²) >= 11 is 6.02. The van der Waals surface area contributed by atoms with Gasteiger partial charge in [0.15, 0.2) is 0 Å². The molecule has 0 aromatic heterocycles. The molecule has 3 heteroatoms. The van der Waals surface area contributed by atoms with Crippen LogP contribution < -0.4 is 4.74 Å². The van der Waals surface area contributed by atoms with Crippen molar-refractivity contribution in [2.45, 2.75) is 26.6 Å². The monoisotopic (exact) mass is 349 g/mol. The van der Waals surface area contributed by atoms with Crippen molar-refractivity contribution in [1.82, 2.24) is 4.90 Å². The lowest BCUT2D eigenvalue weighted by atomic mass is 10.1. The first-order chi connectivity index (χ1) is 12.2. The highest BCUT2D eigenvalue weighted by molar-refractivity contribution is 6.30. The first-order valence-electron chi connectivity index (χ1n) is 8.49. The Balaban J connectivity index is 1.70. The molecule has 0 N–H and O–H groups in total. The highest BCUT2D eigenvalue weighted by Gasteiger charge is 2.18. The maximum Gasteiger partial charge on any atom is 0.131 e. The van der Waals surface area contributed by atoms with Gasteiger partial charge in [0.05, 0.1) is 0 Å². The zero-order chi connectivity index (χ0) is 17.2. The SMILES string of the molecule is Cc1ccc2c(c1)CN(Cc1ccc(Cl)cc1)Cc1ccccc1O2. The van der Waals surface area contributed by atoms with Crippen LogP contribution in [0, 0.1) is 6.92 Å². The van der Waals surface area contributed by atoms with Gasteiger partial charge in [-0.25, -0.2) is 0 Å². The number of halogens is 1. The Morgan fingerprint density at radius 3 is 2.44 bits per heavy atom. The molecule has 3 aromatic rings. The van der Waals surface area contributed by atoms with Gasteiger partial charge in [-0.15, -0.1) is 0 Å². The first kappa shape index (κ1) is 16.2. The molecular formula is C22H20ClNO. The number of rotatable bonds is 2. The van der Waals surface area contributed by atoms with E-state index in [0.717, 1.165) is 36.2 Å². The summed E-state index contributed by atoms with van der Waals surface area (Å²) in [5.41, 5.74) is 4.95. The van der Waals surface area contributed by atoms with E-state index in [1.54, 1.807) is 0 Å². The summed E-state index contributed by atoms with van der Waals surface area (Å²) in [4.78, 5) is 2.45. The smallest absolute Gasteiger partial charge is 0.131 e. The number of hydrogen-bond donors (Lipinski definition) is 0. The number of benzene rings is 3. The fourth-order valence-corrected chi connectivity index (χ4v) is 3.41. The van der Waals surface area contributed by atoms with Gasteiger partial charge >= 0.3 is 0 Å². The van der Waals surface area contributed by atoms with Crippen LogP contribution in [0.1, 0.15) is 22.3 Å². The third kappa shape index (κ3) is 3.71. The second-order valence-corrected chi connectivity index (χ2v) is 7.03. The van der Waals surface area contributed by atoms with Crippen LogP contribution in [-0.4, -0.2) is 4.90 Å². The lowest BCUT2D eigenvalue weighted by molar-refractivity contribution is 0.235. The molecule has 0 radical (unpaired) electrons. The van der Waals surface area contributed by atoms with Crippen LogP contribution in [-0.2, 0) is 19.6 Å². The number of para-hydroxylation sites is 1. The van der Waals surface area contributed by atoms with E-state index in [1.165, 1.54) is 22.3 Å². The van der Waals surface area contributed by atoms with Gasteiger partial charge in [-0.3, -0.25) is 4.90 Å². The van der Waals surface area contributed by atoms with Crippen molar-refractivity contribution in [2.75, 3.05) is 0 Å². The Labute approximate surface area is 153 Å². The summed E-state index contributed by atoms with van der Waals surface area (Å²) in [7, 11) is 0. The fraction of sp³-hybridized carbons (Fsp3) is 0.182. The Hall–Kier alpha value is -2.29. The van der Waals surface area contributed by atoms with E-state index in [0.29, 0.717) is 0 Å². The predicted molar refractivity (Wildman–Crippen MR) is 102 cm³/mol.